The van der Waals surface area contributed by atoms with Gasteiger partial charge in [0.25, 0.3) is 0 Å². The van der Waals surface area contributed by atoms with Crippen LogP contribution in [-0.4, -0.2) is 29.5 Å². The molecule has 0 saturated carbocycles. The van der Waals surface area contributed by atoms with Crippen LogP contribution in [0.15, 0.2) is 4.99 Å². The third kappa shape index (κ3) is 4.68. The van der Waals surface area contributed by atoms with E-state index in [0.29, 0.717) is 6.42 Å². The average Bonchev–Trinajstić information content (AvgIpc) is 2.02. The number of Topliss-reactive ketones (excluding diaryl/α,β-unsaturated/α-hetero) is 1. The van der Waals surface area contributed by atoms with Gasteiger partial charge in [0.1, 0.15) is 6.10 Å². The van der Waals surface area contributed by atoms with E-state index >= 15 is 0 Å². The minimum Gasteiger partial charge on any atom is -0.385 e. The maximum absolute atomic E-state index is 10.8. The lowest BCUT2D eigenvalue weighted by molar-refractivity contribution is -0.126. The molecule has 0 radical (unpaired) electrons. The van der Waals surface area contributed by atoms with Crippen LogP contribution in [0.3, 0.4) is 0 Å². The Hall–Kier alpha value is -1.10. The Kier molecular flexibility index (Phi) is 5.03. The number of hydrogen-bond acceptors (Lipinski definition) is 3. The van der Waals surface area contributed by atoms with Crippen molar-refractivity contribution in [3.63, 3.8) is 0 Å². The second-order valence-corrected chi connectivity index (χ2v) is 2.43. The van der Waals surface area contributed by atoms with Crippen LogP contribution in [0, 0.1) is 0 Å². The second kappa shape index (κ2) is 5.54. The van der Waals surface area contributed by atoms with Crippen LogP contribution < -0.4 is 11.5 Å². The number of nitrogens with zero attached hydrogens (tertiary/aromatic N) is 1. The van der Waals surface area contributed by atoms with E-state index in [2.05, 4.69) is 4.99 Å². The minimum absolute atomic E-state index is 0.0221. The van der Waals surface area contributed by atoms with Crippen molar-refractivity contribution in [1.82, 2.24) is 0 Å². The summed E-state index contributed by atoms with van der Waals surface area (Å²) in [7, 11) is 0. The Morgan fingerprint density at radius 3 is 2.58 bits per heavy atom. The molecule has 0 rings (SSSR count). The predicted molar refractivity (Wildman–Crippen MR) is 46.6 cm³/mol. The molecule has 5 nitrogen and oxygen atoms in total. The van der Waals surface area contributed by atoms with Gasteiger partial charge in [0.05, 0.1) is 0 Å². The molecule has 0 bridgehead atoms. The molecule has 0 saturated heterocycles. The minimum atomic E-state index is -0.932. The highest BCUT2D eigenvalue weighted by molar-refractivity contribution is 5.82. The highest BCUT2D eigenvalue weighted by atomic mass is 16.3. The second-order valence-electron chi connectivity index (χ2n) is 2.43. The number of aliphatic hydroxyl groups excluding tert-OH is 1. The molecule has 5 N–H and O–H groups in total. The van der Waals surface area contributed by atoms with Crippen molar-refractivity contribution in [3.8, 4) is 0 Å². The third-order valence-corrected chi connectivity index (χ3v) is 1.42. The molecule has 0 amide bonds. The molecule has 0 fully saturated rings. The van der Waals surface area contributed by atoms with Gasteiger partial charge in [-0.3, -0.25) is 9.79 Å². The monoisotopic (exact) mass is 173 g/mol. The van der Waals surface area contributed by atoms with Gasteiger partial charge in [-0.25, -0.2) is 0 Å². The van der Waals surface area contributed by atoms with E-state index < -0.39 is 6.10 Å². The maximum Gasteiger partial charge on any atom is 0.185 e. The number of carbonyl (C=O) groups excluding carboxylic acids is 1. The van der Waals surface area contributed by atoms with Gasteiger partial charge in [0.2, 0.25) is 0 Å². The fraction of sp³-hybridized carbons (Fsp3) is 0.714. The lowest BCUT2D eigenvalue weighted by atomic mass is 10.1. The summed E-state index contributed by atoms with van der Waals surface area (Å²) >= 11 is 0. The molecule has 70 valence electrons. The van der Waals surface area contributed by atoms with Gasteiger partial charge in [-0.2, -0.15) is 0 Å². The number of rotatable bonds is 5. The Morgan fingerprint density at radius 2 is 2.17 bits per heavy atom. The number of aliphatic imine (C=N–C) groups is 1. The standard InChI is InChI=1S/C7H15N3O2/c1-2-5(11)6(12)3-4-10-7(8)9/h6,12H,2-4H2,1H3,(H4,8,9,10). The van der Waals surface area contributed by atoms with Gasteiger partial charge in [-0.05, 0) is 0 Å². The molecule has 0 heterocycles. The Labute approximate surface area is 71.5 Å². The highest BCUT2D eigenvalue weighted by Crippen LogP contribution is 1.96. The van der Waals surface area contributed by atoms with Gasteiger partial charge in [-0.1, -0.05) is 6.92 Å². The Balaban J connectivity index is 3.64. The topological polar surface area (TPSA) is 102 Å². The van der Waals surface area contributed by atoms with Crippen LogP contribution in [0.5, 0.6) is 0 Å². The number of aliphatic hydroxyl groups is 1. The first kappa shape index (κ1) is 10.9. The zero-order valence-corrected chi connectivity index (χ0v) is 7.16. The van der Waals surface area contributed by atoms with E-state index in [-0.39, 0.29) is 24.7 Å². The summed E-state index contributed by atoms with van der Waals surface area (Å²) in [5.74, 6) is -0.202. The van der Waals surface area contributed by atoms with E-state index in [1.54, 1.807) is 6.92 Å². The first-order valence-electron chi connectivity index (χ1n) is 3.84. The molecule has 0 aromatic heterocycles. The molecule has 5 heteroatoms. The normalized spacial score (nSPS) is 12.2. The van der Waals surface area contributed by atoms with Crippen molar-refractivity contribution < 1.29 is 9.90 Å². The van der Waals surface area contributed by atoms with E-state index in [9.17, 15) is 4.79 Å². The fourth-order valence-electron chi connectivity index (χ4n) is 0.713. The van der Waals surface area contributed by atoms with E-state index in [1.165, 1.54) is 0 Å². The number of nitrogens with two attached hydrogens (primary N) is 2. The molecule has 1 atom stereocenters. The Morgan fingerprint density at radius 1 is 1.58 bits per heavy atom. The smallest absolute Gasteiger partial charge is 0.185 e. The largest absolute Gasteiger partial charge is 0.385 e. The van der Waals surface area contributed by atoms with Crippen molar-refractivity contribution in [2.45, 2.75) is 25.9 Å². The van der Waals surface area contributed by atoms with Gasteiger partial charge in [0, 0.05) is 19.4 Å². The summed E-state index contributed by atoms with van der Waals surface area (Å²) in [6.45, 7) is 1.99. The van der Waals surface area contributed by atoms with Gasteiger partial charge in [-0.15, -0.1) is 0 Å². The van der Waals surface area contributed by atoms with Crippen molar-refractivity contribution >= 4 is 11.7 Å². The quantitative estimate of drug-likeness (QED) is 0.366. The molecular formula is C7H15N3O2. The number of ketones is 1. The summed E-state index contributed by atoms with van der Waals surface area (Å²) in [4.78, 5) is 14.5. The summed E-state index contributed by atoms with van der Waals surface area (Å²) in [5, 5.41) is 9.13. The third-order valence-electron chi connectivity index (χ3n) is 1.42. The average molecular weight is 173 g/mol. The van der Waals surface area contributed by atoms with E-state index in [1.807, 2.05) is 0 Å². The first-order chi connectivity index (χ1) is 5.57. The molecule has 0 aromatic rings. The summed E-state index contributed by atoms with van der Waals surface area (Å²) in [6.07, 6.45) is -0.314. The molecule has 0 aliphatic heterocycles. The highest BCUT2D eigenvalue weighted by Gasteiger charge is 2.11. The Bertz CT molecular complexity index is 175. The number of guanidine groups is 1. The van der Waals surface area contributed by atoms with Crippen LogP contribution in [0.25, 0.3) is 0 Å². The van der Waals surface area contributed by atoms with Crippen molar-refractivity contribution in [2.75, 3.05) is 6.54 Å². The fourth-order valence-corrected chi connectivity index (χ4v) is 0.713. The molecule has 12 heavy (non-hydrogen) atoms. The molecule has 0 spiro atoms. The van der Waals surface area contributed by atoms with Crippen LogP contribution >= 0.6 is 0 Å². The number of carbonyl (C=O) groups is 1. The lowest BCUT2D eigenvalue weighted by Crippen LogP contribution is -2.25. The summed E-state index contributed by atoms with van der Waals surface area (Å²) in [6, 6.07) is 0. The van der Waals surface area contributed by atoms with Crippen LogP contribution in [0.2, 0.25) is 0 Å². The molecule has 0 aromatic carbocycles. The molecular weight excluding hydrogens is 158 g/mol. The van der Waals surface area contributed by atoms with E-state index in [0.717, 1.165) is 0 Å². The van der Waals surface area contributed by atoms with Crippen molar-refractivity contribution in [1.29, 1.82) is 0 Å². The summed E-state index contributed by atoms with van der Waals surface area (Å²) < 4.78 is 0. The van der Waals surface area contributed by atoms with Crippen molar-refractivity contribution in [2.24, 2.45) is 16.5 Å². The molecule has 0 aliphatic carbocycles. The van der Waals surface area contributed by atoms with Gasteiger partial charge >= 0.3 is 0 Å². The van der Waals surface area contributed by atoms with Crippen LogP contribution in [-0.2, 0) is 4.79 Å². The molecule has 0 aliphatic rings. The van der Waals surface area contributed by atoms with Crippen LogP contribution in [0.4, 0.5) is 0 Å². The predicted octanol–water partition coefficient (Wildman–Crippen LogP) is -1.01. The van der Waals surface area contributed by atoms with Crippen molar-refractivity contribution in [3.05, 3.63) is 0 Å². The lowest BCUT2D eigenvalue weighted by Gasteiger charge is -2.04. The van der Waals surface area contributed by atoms with Gasteiger partial charge in [0.15, 0.2) is 11.7 Å². The molecule has 1 unspecified atom stereocenters. The van der Waals surface area contributed by atoms with Crippen LogP contribution in [0.1, 0.15) is 19.8 Å². The first-order valence-corrected chi connectivity index (χ1v) is 3.84. The van der Waals surface area contributed by atoms with Gasteiger partial charge < -0.3 is 16.6 Å². The zero-order valence-electron chi connectivity index (χ0n) is 7.16. The SMILES string of the molecule is CCC(=O)C(O)CCN=C(N)N. The summed E-state index contributed by atoms with van der Waals surface area (Å²) in [5.41, 5.74) is 10.1. The number of hydrogen-bond donors (Lipinski definition) is 3. The maximum atomic E-state index is 10.8. The zero-order chi connectivity index (χ0) is 9.56. The van der Waals surface area contributed by atoms with E-state index in [4.69, 9.17) is 16.6 Å².